The first kappa shape index (κ1) is 7.61. The summed E-state index contributed by atoms with van der Waals surface area (Å²) in [5.41, 5.74) is 1.27. The Morgan fingerprint density at radius 3 is 2.62 bits per heavy atom. The standard InChI is InChI=1S/C8H15/c1-4-6-7-8(3)5-2/h5H,3-4,6-7H2,1-2H3/q-1. The Morgan fingerprint density at radius 2 is 2.25 bits per heavy atom. The van der Waals surface area contributed by atoms with Crippen LogP contribution >= 0.6 is 0 Å². The zero-order valence-electron chi connectivity index (χ0n) is 5.91. The van der Waals surface area contributed by atoms with Gasteiger partial charge in [0.05, 0.1) is 0 Å². The van der Waals surface area contributed by atoms with Crippen molar-refractivity contribution in [2.45, 2.75) is 33.1 Å². The van der Waals surface area contributed by atoms with Crippen molar-refractivity contribution in [2.75, 3.05) is 0 Å². The van der Waals surface area contributed by atoms with Crippen molar-refractivity contribution in [1.82, 2.24) is 0 Å². The van der Waals surface area contributed by atoms with Gasteiger partial charge in [0, 0.05) is 0 Å². The van der Waals surface area contributed by atoms with Crippen LogP contribution in [0.1, 0.15) is 33.1 Å². The van der Waals surface area contributed by atoms with Crippen LogP contribution in [0.3, 0.4) is 0 Å². The van der Waals surface area contributed by atoms with Gasteiger partial charge in [0.2, 0.25) is 0 Å². The van der Waals surface area contributed by atoms with E-state index in [0.717, 1.165) is 0 Å². The van der Waals surface area contributed by atoms with E-state index in [1.165, 1.54) is 24.8 Å². The maximum Gasteiger partial charge on any atom is -0.0524 e. The largest absolute Gasteiger partial charge is 0.242 e. The summed E-state index contributed by atoms with van der Waals surface area (Å²) >= 11 is 0. The van der Waals surface area contributed by atoms with E-state index >= 15 is 0 Å². The molecule has 0 aromatic carbocycles. The summed E-state index contributed by atoms with van der Waals surface area (Å²) in [4.78, 5) is 0. The lowest BCUT2D eigenvalue weighted by Gasteiger charge is -2.06. The third-order valence-electron chi connectivity index (χ3n) is 1.26. The predicted molar refractivity (Wildman–Crippen MR) is 38.6 cm³/mol. The van der Waals surface area contributed by atoms with Crippen molar-refractivity contribution in [3.8, 4) is 0 Å². The van der Waals surface area contributed by atoms with Gasteiger partial charge in [-0.3, -0.25) is 0 Å². The van der Waals surface area contributed by atoms with E-state index in [1.807, 2.05) is 6.92 Å². The third kappa shape index (κ3) is 3.79. The van der Waals surface area contributed by atoms with Crippen molar-refractivity contribution in [3.63, 3.8) is 0 Å². The molecule has 0 aromatic heterocycles. The smallest absolute Gasteiger partial charge is 0.0524 e. The molecule has 0 N–H and O–H groups in total. The molecular weight excluding hydrogens is 96.1 g/mol. The highest BCUT2D eigenvalue weighted by molar-refractivity contribution is 5.04. The molecule has 0 amide bonds. The van der Waals surface area contributed by atoms with Crippen LogP contribution in [0.25, 0.3) is 0 Å². The van der Waals surface area contributed by atoms with Gasteiger partial charge in [0.1, 0.15) is 0 Å². The van der Waals surface area contributed by atoms with Gasteiger partial charge in [-0.05, 0) is 0 Å². The molecule has 0 bridgehead atoms. The van der Waals surface area contributed by atoms with Crippen molar-refractivity contribution in [3.05, 3.63) is 18.6 Å². The third-order valence-corrected chi connectivity index (χ3v) is 1.26. The average Bonchev–Trinajstić information content (AvgIpc) is 1.83. The zero-order valence-corrected chi connectivity index (χ0v) is 5.91. The molecular formula is C8H15-. The molecule has 48 valence electrons. The topological polar surface area (TPSA) is 0 Å². The van der Waals surface area contributed by atoms with Gasteiger partial charge in [-0.25, -0.2) is 18.6 Å². The summed E-state index contributed by atoms with van der Waals surface area (Å²) in [7, 11) is 0. The lowest BCUT2D eigenvalue weighted by Crippen LogP contribution is -1.77. The molecule has 8 heavy (non-hydrogen) atoms. The number of rotatable bonds is 4. The Balaban J connectivity index is 2.99. The first-order valence-electron chi connectivity index (χ1n) is 3.28. The summed E-state index contributed by atoms with van der Waals surface area (Å²) in [5.74, 6) is 0. The van der Waals surface area contributed by atoms with Crippen molar-refractivity contribution in [2.24, 2.45) is 0 Å². The van der Waals surface area contributed by atoms with Crippen LogP contribution < -0.4 is 0 Å². The van der Waals surface area contributed by atoms with Gasteiger partial charge in [0.15, 0.2) is 0 Å². The molecule has 0 atom stereocenters. The van der Waals surface area contributed by atoms with Gasteiger partial charge in [0.25, 0.3) is 0 Å². The maximum absolute atomic E-state index is 3.86. The summed E-state index contributed by atoms with van der Waals surface area (Å²) in [6.45, 7) is 8.09. The number of hydrogen-bond acceptors (Lipinski definition) is 0. The Hall–Kier alpha value is -0.390. The molecule has 0 spiro atoms. The number of allylic oxidation sites excluding steroid dienone is 1. The molecule has 0 heteroatoms. The first-order chi connectivity index (χ1) is 3.81. The van der Waals surface area contributed by atoms with Gasteiger partial charge in [-0.15, -0.1) is 6.92 Å². The predicted octanol–water partition coefficient (Wildman–Crippen LogP) is 2.96. The molecule has 0 aliphatic heterocycles. The van der Waals surface area contributed by atoms with E-state index in [1.54, 1.807) is 0 Å². The van der Waals surface area contributed by atoms with Crippen LogP contribution in [0.2, 0.25) is 0 Å². The highest BCUT2D eigenvalue weighted by atomic mass is 13.9. The second kappa shape index (κ2) is 4.76. The Labute approximate surface area is 52.6 Å². The molecule has 0 aromatic rings. The normalized spacial score (nSPS) is 8.75. The van der Waals surface area contributed by atoms with E-state index in [4.69, 9.17) is 0 Å². The van der Waals surface area contributed by atoms with E-state index in [0.29, 0.717) is 0 Å². The highest BCUT2D eigenvalue weighted by Crippen LogP contribution is 2.06. The molecule has 0 nitrogen and oxygen atoms in total. The molecule has 0 heterocycles. The summed E-state index contributed by atoms with van der Waals surface area (Å²) < 4.78 is 0. The van der Waals surface area contributed by atoms with E-state index in [-0.39, 0.29) is 0 Å². The van der Waals surface area contributed by atoms with Crippen LogP contribution in [-0.2, 0) is 0 Å². The fourth-order valence-corrected chi connectivity index (χ4v) is 0.548. The zero-order chi connectivity index (χ0) is 6.41. The summed E-state index contributed by atoms with van der Waals surface area (Å²) in [6.07, 6.45) is 5.80. The minimum Gasteiger partial charge on any atom is -0.242 e. The Morgan fingerprint density at radius 1 is 1.62 bits per heavy atom. The molecule has 0 radical (unpaired) electrons. The van der Waals surface area contributed by atoms with Crippen LogP contribution in [0.15, 0.2) is 12.2 Å². The van der Waals surface area contributed by atoms with E-state index < -0.39 is 0 Å². The molecule has 0 fully saturated rings. The van der Waals surface area contributed by atoms with Gasteiger partial charge in [-0.2, -0.15) is 0 Å². The Kier molecular flexibility index (Phi) is 4.53. The summed E-state index contributed by atoms with van der Waals surface area (Å²) in [6, 6.07) is 0. The SMILES string of the molecule is C=C([CH-]C)CCCC. The first-order valence-corrected chi connectivity index (χ1v) is 3.28. The van der Waals surface area contributed by atoms with Gasteiger partial charge in [-0.1, -0.05) is 26.2 Å². The average molecular weight is 111 g/mol. The van der Waals surface area contributed by atoms with Crippen molar-refractivity contribution >= 4 is 0 Å². The second-order valence-electron chi connectivity index (χ2n) is 2.05. The van der Waals surface area contributed by atoms with E-state index in [9.17, 15) is 0 Å². The fraction of sp³-hybridized carbons (Fsp3) is 0.625. The van der Waals surface area contributed by atoms with Crippen LogP contribution in [-0.4, -0.2) is 0 Å². The van der Waals surface area contributed by atoms with Gasteiger partial charge >= 0.3 is 0 Å². The maximum atomic E-state index is 3.86. The number of hydrogen-bond donors (Lipinski definition) is 0. The minimum atomic E-state index is 1.17. The minimum absolute atomic E-state index is 1.17. The quantitative estimate of drug-likeness (QED) is 0.489. The molecule has 0 saturated carbocycles. The molecule has 0 aliphatic rings. The lowest BCUT2D eigenvalue weighted by molar-refractivity contribution is 0.792. The molecule has 0 aliphatic carbocycles. The summed E-state index contributed by atoms with van der Waals surface area (Å²) in [5, 5.41) is 0. The lowest BCUT2D eigenvalue weighted by atomic mass is 10.1. The van der Waals surface area contributed by atoms with Crippen LogP contribution in [0.4, 0.5) is 0 Å². The molecule has 0 unspecified atom stereocenters. The molecule has 0 saturated heterocycles. The van der Waals surface area contributed by atoms with Crippen molar-refractivity contribution < 1.29 is 0 Å². The molecule has 0 rings (SSSR count). The highest BCUT2D eigenvalue weighted by Gasteiger charge is 1.79. The second-order valence-corrected chi connectivity index (χ2v) is 2.05. The van der Waals surface area contributed by atoms with Gasteiger partial charge < -0.3 is 0 Å². The van der Waals surface area contributed by atoms with E-state index in [2.05, 4.69) is 19.9 Å². The fourth-order valence-electron chi connectivity index (χ4n) is 0.548. The number of unbranched alkanes of at least 4 members (excludes halogenated alkanes) is 1. The monoisotopic (exact) mass is 111 g/mol. The van der Waals surface area contributed by atoms with Crippen LogP contribution in [0, 0.1) is 6.42 Å². The van der Waals surface area contributed by atoms with Crippen LogP contribution in [0.5, 0.6) is 0 Å². The Bertz CT molecular complexity index is 62.4. The van der Waals surface area contributed by atoms with Crippen molar-refractivity contribution in [1.29, 1.82) is 0 Å².